The van der Waals surface area contributed by atoms with E-state index < -0.39 is 40.8 Å². The first-order chi connectivity index (χ1) is 7.93. The Kier molecular flexibility index (Phi) is 3.84. The summed E-state index contributed by atoms with van der Waals surface area (Å²) in [5.41, 5.74) is -1.02. The van der Waals surface area contributed by atoms with Crippen LogP contribution in [0.3, 0.4) is 0 Å². The van der Waals surface area contributed by atoms with Gasteiger partial charge in [0.2, 0.25) is 0 Å². The lowest BCUT2D eigenvalue weighted by molar-refractivity contribution is -0.151. The molecule has 1 unspecified atom stereocenters. The molecule has 0 heterocycles. The fraction of sp³-hybridized carbons (Fsp3) is 0.300. The molecule has 0 fully saturated rings. The maximum Gasteiger partial charge on any atom is 0.339 e. The van der Waals surface area contributed by atoms with E-state index in [4.69, 9.17) is 5.11 Å². The number of rotatable bonds is 3. The Balaban J connectivity index is 3.40. The van der Waals surface area contributed by atoms with E-state index in [1.165, 1.54) is 0 Å². The fourth-order valence-corrected chi connectivity index (χ4v) is 1.24. The van der Waals surface area contributed by atoms with E-state index >= 15 is 0 Å². The second kappa shape index (κ2) is 4.96. The number of phenolic OH excluding ortho intramolecular Hbond substituents is 1. The normalized spacial score (nSPS) is 12.1. The first-order valence-corrected chi connectivity index (χ1v) is 4.44. The predicted molar refractivity (Wildman–Crippen MR) is 51.6 cm³/mol. The molecule has 0 aliphatic carbocycles. The molecule has 0 amide bonds. The number of phenols is 1. The minimum absolute atomic E-state index is 0.498. The van der Waals surface area contributed by atoms with Crippen LogP contribution in [0.25, 0.3) is 0 Å². The number of benzene rings is 1. The number of hydrogen-bond donors (Lipinski definition) is 2. The van der Waals surface area contributed by atoms with Crippen molar-refractivity contribution in [3.8, 4) is 11.5 Å². The van der Waals surface area contributed by atoms with Crippen LogP contribution >= 0.6 is 0 Å². The van der Waals surface area contributed by atoms with Gasteiger partial charge in [0.25, 0.3) is 0 Å². The van der Waals surface area contributed by atoms with Crippen LogP contribution in [0.5, 0.6) is 11.5 Å². The van der Waals surface area contributed by atoms with Crippen molar-refractivity contribution in [1.29, 1.82) is 0 Å². The molecule has 1 aromatic rings. The van der Waals surface area contributed by atoms with Gasteiger partial charge in [-0.1, -0.05) is 0 Å². The van der Waals surface area contributed by atoms with Crippen LogP contribution in [0.1, 0.15) is 11.7 Å². The summed E-state index contributed by atoms with van der Waals surface area (Å²) >= 11 is 0. The lowest BCUT2D eigenvalue weighted by atomic mass is 10.1. The number of carbonyl (C=O) groups excluding carboxylic acids is 1. The van der Waals surface area contributed by atoms with E-state index in [1.807, 2.05) is 0 Å². The molecular weight excluding hydrogens is 238 g/mol. The monoisotopic (exact) mass is 248 g/mol. The fourth-order valence-electron chi connectivity index (χ4n) is 1.24. The number of esters is 1. The predicted octanol–water partition coefficient (Wildman–Crippen LogP) is 0.885. The topological polar surface area (TPSA) is 76.0 Å². The first-order valence-electron chi connectivity index (χ1n) is 4.44. The number of hydrogen-bond acceptors (Lipinski definition) is 5. The van der Waals surface area contributed by atoms with E-state index in [9.17, 15) is 18.7 Å². The molecule has 0 bridgehead atoms. The number of ether oxygens (including phenoxy) is 2. The van der Waals surface area contributed by atoms with E-state index in [0.717, 1.165) is 14.2 Å². The molecule has 94 valence electrons. The quantitative estimate of drug-likeness (QED) is 0.777. The zero-order valence-corrected chi connectivity index (χ0v) is 9.03. The largest absolute Gasteiger partial charge is 0.505 e. The van der Waals surface area contributed by atoms with Gasteiger partial charge < -0.3 is 19.7 Å². The smallest absolute Gasteiger partial charge is 0.339 e. The van der Waals surface area contributed by atoms with E-state index in [1.54, 1.807) is 0 Å². The van der Waals surface area contributed by atoms with Crippen LogP contribution in [0.4, 0.5) is 8.78 Å². The third-order valence-electron chi connectivity index (χ3n) is 2.10. The summed E-state index contributed by atoms with van der Waals surface area (Å²) < 4.78 is 35.7. The summed E-state index contributed by atoms with van der Waals surface area (Å²) in [5.74, 6) is -5.42. The maximum absolute atomic E-state index is 13.6. The van der Waals surface area contributed by atoms with Crippen LogP contribution in [-0.2, 0) is 9.53 Å². The Morgan fingerprint density at radius 3 is 2.41 bits per heavy atom. The first kappa shape index (κ1) is 13.2. The summed E-state index contributed by atoms with van der Waals surface area (Å²) in [6.45, 7) is 0. The molecule has 0 aliphatic heterocycles. The Bertz CT molecular complexity index is 447. The summed E-state index contributed by atoms with van der Waals surface area (Å²) in [4.78, 5) is 11.0. The Hall–Kier alpha value is -1.89. The number of carbonyl (C=O) groups is 1. The van der Waals surface area contributed by atoms with Gasteiger partial charge in [0.15, 0.2) is 29.2 Å². The molecule has 1 rings (SSSR count). The van der Waals surface area contributed by atoms with Gasteiger partial charge in [-0.3, -0.25) is 0 Å². The highest BCUT2D eigenvalue weighted by atomic mass is 19.1. The van der Waals surface area contributed by atoms with Crippen LogP contribution in [0.15, 0.2) is 6.07 Å². The molecule has 0 radical (unpaired) electrons. The van der Waals surface area contributed by atoms with Crippen molar-refractivity contribution in [2.75, 3.05) is 14.2 Å². The van der Waals surface area contributed by atoms with E-state index in [2.05, 4.69) is 9.47 Å². The zero-order valence-electron chi connectivity index (χ0n) is 9.03. The van der Waals surface area contributed by atoms with Gasteiger partial charge in [-0.05, 0) is 0 Å². The Labute approximate surface area is 95.2 Å². The SMILES string of the molecule is COC(=O)C(O)c1c(F)c(O)cc(OC)c1F. The highest BCUT2D eigenvalue weighted by Gasteiger charge is 2.30. The molecule has 0 saturated carbocycles. The standard InChI is InChI=1S/C10H10F2O5/c1-16-5-3-4(13)7(11)6(8(5)12)9(14)10(15)17-2/h3,9,13-14H,1-2H3. The average molecular weight is 248 g/mol. The Morgan fingerprint density at radius 2 is 1.94 bits per heavy atom. The van der Waals surface area contributed by atoms with Crippen molar-refractivity contribution in [3.63, 3.8) is 0 Å². The van der Waals surface area contributed by atoms with E-state index in [0.29, 0.717) is 6.07 Å². The minimum Gasteiger partial charge on any atom is -0.505 e. The second-order valence-corrected chi connectivity index (χ2v) is 3.07. The highest BCUT2D eigenvalue weighted by molar-refractivity contribution is 5.76. The lowest BCUT2D eigenvalue weighted by Gasteiger charge is -2.13. The van der Waals surface area contributed by atoms with Gasteiger partial charge in [-0.25, -0.2) is 13.6 Å². The number of halogens is 2. The van der Waals surface area contributed by atoms with Crippen LogP contribution in [0.2, 0.25) is 0 Å². The average Bonchev–Trinajstić information content (AvgIpc) is 2.32. The molecule has 17 heavy (non-hydrogen) atoms. The number of methoxy groups -OCH3 is 2. The lowest BCUT2D eigenvalue weighted by Crippen LogP contribution is -2.17. The van der Waals surface area contributed by atoms with Crippen LogP contribution in [-0.4, -0.2) is 30.4 Å². The van der Waals surface area contributed by atoms with Crippen molar-refractivity contribution in [2.45, 2.75) is 6.10 Å². The van der Waals surface area contributed by atoms with Crippen molar-refractivity contribution >= 4 is 5.97 Å². The third kappa shape index (κ3) is 2.28. The summed E-state index contributed by atoms with van der Waals surface area (Å²) in [5, 5.41) is 18.5. The van der Waals surface area contributed by atoms with Crippen molar-refractivity contribution in [3.05, 3.63) is 23.3 Å². The van der Waals surface area contributed by atoms with Gasteiger partial charge in [0.05, 0.1) is 19.8 Å². The summed E-state index contributed by atoms with van der Waals surface area (Å²) in [7, 11) is 2.03. The van der Waals surface area contributed by atoms with E-state index in [-0.39, 0.29) is 0 Å². The maximum atomic E-state index is 13.6. The van der Waals surface area contributed by atoms with Crippen molar-refractivity contribution < 1.29 is 33.3 Å². The molecule has 0 spiro atoms. The minimum atomic E-state index is -2.18. The summed E-state index contributed by atoms with van der Waals surface area (Å²) in [6, 6.07) is 0.693. The number of aliphatic hydroxyl groups excluding tert-OH is 1. The molecule has 0 saturated heterocycles. The number of aromatic hydroxyl groups is 1. The van der Waals surface area contributed by atoms with Gasteiger partial charge >= 0.3 is 5.97 Å². The third-order valence-corrected chi connectivity index (χ3v) is 2.10. The van der Waals surface area contributed by atoms with Crippen molar-refractivity contribution in [2.24, 2.45) is 0 Å². The molecule has 7 heteroatoms. The molecular formula is C10H10F2O5. The second-order valence-electron chi connectivity index (χ2n) is 3.07. The van der Waals surface area contributed by atoms with Crippen LogP contribution < -0.4 is 4.74 Å². The molecule has 0 aliphatic rings. The number of aliphatic hydroxyl groups is 1. The van der Waals surface area contributed by atoms with Crippen LogP contribution in [0, 0.1) is 11.6 Å². The molecule has 5 nitrogen and oxygen atoms in total. The Morgan fingerprint density at radius 1 is 1.35 bits per heavy atom. The van der Waals surface area contributed by atoms with Crippen molar-refractivity contribution in [1.82, 2.24) is 0 Å². The summed E-state index contributed by atoms with van der Waals surface area (Å²) in [6.07, 6.45) is -2.18. The zero-order chi connectivity index (χ0) is 13.2. The van der Waals surface area contributed by atoms with Gasteiger partial charge in [0.1, 0.15) is 0 Å². The molecule has 1 atom stereocenters. The molecule has 1 aromatic carbocycles. The highest BCUT2D eigenvalue weighted by Crippen LogP contribution is 2.34. The van der Waals surface area contributed by atoms with Gasteiger partial charge in [0, 0.05) is 6.07 Å². The molecule has 2 N–H and O–H groups in total. The molecule has 0 aromatic heterocycles. The van der Waals surface area contributed by atoms with Gasteiger partial charge in [-0.2, -0.15) is 0 Å². The van der Waals surface area contributed by atoms with Gasteiger partial charge in [-0.15, -0.1) is 0 Å².